The van der Waals surface area contributed by atoms with Gasteiger partial charge in [-0.3, -0.25) is 0 Å². The summed E-state index contributed by atoms with van der Waals surface area (Å²) in [5.41, 5.74) is -2.70. The van der Waals surface area contributed by atoms with Gasteiger partial charge in [-0.2, -0.15) is 17.9 Å². The van der Waals surface area contributed by atoms with E-state index in [1.54, 1.807) is 4.72 Å². The van der Waals surface area contributed by atoms with Crippen molar-refractivity contribution in [2.75, 3.05) is 13.2 Å². The first-order valence-corrected chi connectivity index (χ1v) is 7.57. The summed E-state index contributed by atoms with van der Waals surface area (Å²) in [4.78, 5) is -0.624. The van der Waals surface area contributed by atoms with Crippen LogP contribution in [-0.4, -0.2) is 33.3 Å². The molecule has 1 aromatic carbocycles. The fourth-order valence-electron chi connectivity index (χ4n) is 1.93. The molecular formula is C11H10ClF4NO3S. The Morgan fingerprint density at radius 2 is 2.00 bits per heavy atom. The highest BCUT2D eigenvalue weighted by Crippen LogP contribution is 2.38. The molecule has 1 saturated heterocycles. The van der Waals surface area contributed by atoms with E-state index in [0.29, 0.717) is 6.07 Å². The zero-order chi connectivity index (χ0) is 15.9. The Hall–Kier alpha value is -0.900. The van der Waals surface area contributed by atoms with Gasteiger partial charge in [0, 0.05) is 13.0 Å². The molecule has 0 amide bonds. The van der Waals surface area contributed by atoms with Crippen molar-refractivity contribution in [1.29, 1.82) is 0 Å². The summed E-state index contributed by atoms with van der Waals surface area (Å²) in [7, 11) is -4.58. The van der Waals surface area contributed by atoms with Crippen molar-refractivity contribution in [1.82, 2.24) is 4.72 Å². The smallest absolute Gasteiger partial charge is 0.379 e. The van der Waals surface area contributed by atoms with Crippen molar-refractivity contribution in [3.05, 3.63) is 29.0 Å². The number of rotatable bonds is 3. The lowest BCUT2D eigenvalue weighted by Crippen LogP contribution is -2.59. The van der Waals surface area contributed by atoms with E-state index >= 15 is 0 Å². The van der Waals surface area contributed by atoms with Gasteiger partial charge in [0.15, 0.2) is 5.54 Å². The fraction of sp³-hybridized carbons (Fsp3) is 0.455. The molecule has 4 nitrogen and oxygen atoms in total. The van der Waals surface area contributed by atoms with Crippen LogP contribution < -0.4 is 4.72 Å². The molecule has 2 rings (SSSR count). The lowest BCUT2D eigenvalue weighted by molar-refractivity contribution is -0.189. The molecule has 21 heavy (non-hydrogen) atoms. The summed E-state index contributed by atoms with van der Waals surface area (Å²) >= 11 is 5.59. The summed E-state index contributed by atoms with van der Waals surface area (Å²) < 4.78 is 82.8. The standard InChI is InChI=1S/C11H10ClF4NO3S/c12-8-5-7(13)1-2-9(8)21(18,19)17-10(11(14,15)16)3-4-20-6-10/h1-2,5,17H,3-4,6H2/t10-/m0/s1. The Morgan fingerprint density at radius 3 is 2.48 bits per heavy atom. The fourth-order valence-corrected chi connectivity index (χ4v) is 3.87. The molecule has 1 aliphatic heterocycles. The Balaban J connectivity index is 2.40. The van der Waals surface area contributed by atoms with Gasteiger partial charge in [0.25, 0.3) is 0 Å². The monoisotopic (exact) mass is 347 g/mol. The molecule has 1 atom stereocenters. The first-order chi connectivity index (χ1) is 9.57. The lowest BCUT2D eigenvalue weighted by Gasteiger charge is -2.30. The highest BCUT2D eigenvalue weighted by molar-refractivity contribution is 7.89. The molecule has 0 aliphatic carbocycles. The minimum Gasteiger partial charge on any atom is -0.379 e. The molecule has 0 radical (unpaired) electrons. The van der Waals surface area contributed by atoms with Gasteiger partial charge in [-0.05, 0) is 18.2 Å². The van der Waals surface area contributed by atoms with Crippen molar-refractivity contribution in [2.45, 2.75) is 23.0 Å². The lowest BCUT2D eigenvalue weighted by atomic mass is 10.0. The van der Waals surface area contributed by atoms with E-state index in [0.717, 1.165) is 12.1 Å². The number of nitrogens with one attached hydrogen (secondary N) is 1. The van der Waals surface area contributed by atoms with Gasteiger partial charge >= 0.3 is 6.18 Å². The van der Waals surface area contributed by atoms with Crippen LogP contribution in [0.15, 0.2) is 23.1 Å². The number of halogens is 5. The molecule has 0 bridgehead atoms. The maximum Gasteiger partial charge on any atom is 0.409 e. The average molecular weight is 348 g/mol. The first kappa shape index (κ1) is 16.5. The Kier molecular flexibility index (Phi) is 4.22. The molecule has 0 saturated carbocycles. The van der Waals surface area contributed by atoms with Crippen LogP contribution in [0.1, 0.15) is 6.42 Å². The third-order valence-electron chi connectivity index (χ3n) is 3.08. The molecule has 1 aromatic rings. The quantitative estimate of drug-likeness (QED) is 0.855. The number of hydrogen-bond acceptors (Lipinski definition) is 3. The van der Waals surface area contributed by atoms with Crippen LogP contribution in [-0.2, 0) is 14.8 Å². The van der Waals surface area contributed by atoms with Gasteiger partial charge in [-0.15, -0.1) is 0 Å². The zero-order valence-electron chi connectivity index (χ0n) is 10.4. The second-order valence-corrected chi connectivity index (χ2v) is 6.62. The second-order valence-electron chi connectivity index (χ2n) is 4.56. The minimum atomic E-state index is -4.83. The first-order valence-electron chi connectivity index (χ1n) is 5.71. The number of benzene rings is 1. The summed E-state index contributed by atoms with van der Waals surface area (Å²) in [6.07, 6.45) is -5.38. The van der Waals surface area contributed by atoms with Crippen LogP contribution in [0.2, 0.25) is 5.02 Å². The molecule has 1 aliphatic rings. The van der Waals surface area contributed by atoms with Crippen molar-refractivity contribution in [2.24, 2.45) is 0 Å². The van der Waals surface area contributed by atoms with Crippen LogP contribution in [0.3, 0.4) is 0 Å². The zero-order valence-corrected chi connectivity index (χ0v) is 11.9. The van der Waals surface area contributed by atoms with Gasteiger partial charge in [-0.25, -0.2) is 12.8 Å². The van der Waals surface area contributed by atoms with Crippen molar-refractivity contribution in [3.63, 3.8) is 0 Å². The number of ether oxygens (including phenoxy) is 1. The molecule has 0 aromatic heterocycles. The van der Waals surface area contributed by atoms with E-state index in [9.17, 15) is 26.0 Å². The van der Waals surface area contributed by atoms with Gasteiger partial charge in [0.05, 0.1) is 11.6 Å². The van der Waals surface area contributed by atoms with E-state index in [1.165, 1.54) is 0 Å². The number of sulfonamides is 1. The third kappa shape index (κ3) is 3.15. The highest BCUT2D eigenvalue weighted by atomic mass is 35.5. The third-order valence-corrected chi connectivity index (χ3v) is 5.10. The van der Waals surface area contributed by atoms with Crippen LogP contribution in [0, 0.1) is 5.82 Å². The summed E-state index contributed by atoms with van der Waals surface area (Å²) in [6, 6.07) is 2.31. The van der Waals surface area contributed by atoms with Crippen LogP contribution in [0.4, 0.5) is 17.6 Å². The predicted octanol–water partition coefficient (Wildman–Crippen LogP) is 2.48. The molecule has 1 fully saturated rings. The SMILES string of the molecule is O=S(=O)(N[C@@]1(C(F)(F)F)CCOC1)c1ccc(F)cc1Cl. The molecule has 118 valence electrons. The van der Waals surface area contributed by atoms with E-state index in [4.69, 9.17) is 11.6 Å². The summed E-state index contributed by atoms with van der Waals surface area (Å²) in [5, 5.41) is -0.501. The van der Waals surface area contributed by atoms with Gasteiger partial charge < -0.3 is 4.74 Å². The van der Waals surface area contributed by atoms with Crippen LogP contribution >= 0.6 is 11.6 Å². The number of hydrogen-bond donors (Lipinski definition) is 1. The summed E-state index contributed by atoms with van der Waals surface area (Å²) in [6.45, 7) is -1.05. The molecule has 0 unspecified atom stereocenters. The van der Waals surface area contributed by atoms with Crippen molar-refractivity contribution < 1.29 is 30.7 Å². The Labute approximate surface area is 123 Å². The van der Waals surface area contributed by atoms with E-state index in [2.05, 4.69) is 4.74 Å². The molecule has 1 heterocycles. The Bertz CT molecular complexity index is 641. The van der Waals surface area contributed by atoms with E-state index in [-0.39, 0.29) is 6.61 Å². The predicted molar refractivity (Wildman–Crippen MR) is 66.0 cm³/mol. The maximum atomic E-state index is 13.1. The van der Waals surface area contributed by atoms with E-state index < -0.39 is 50.5 Å². The number of alkyl halides is 3. The Morgan fingerprint density at radius 1 is 1.33 bits per heavy atom. The van der Waals surface area contributed by atoms with Gasteiger partial charge in [-0.1, -0.05) is 11.6 Å². The van der Waals surface area contributed by atoms with Gasteiger partial charge in [0.1, 0.15) is 10.7 Å². The van der Waals surface area contributed by atoms with Crippen LogP contribution in [0.5, 0.6) is 0 Å². The molecular weight excluding hydrogens is 338 g/mol. The second kappa shape index (κ2) is 5.38. The van der Waals surface area contributed by atoms with E-state index in [1.807, 2.05) is 0 Å². The molecule has 1 N–H and O–H groups in total. The van der Waals surface area contributed by atoms with Crippen molar-refractivity contribution in [3.8, 4) is 0 Å². The normalized spacial score (nSPS) is 23.5. The van der Waals surface area contributed by atoms with Gasteiger partial charge in [0.2, 0.25) is 10.0 Å². The largest absolute Gasteiger partial charge is 0.409 e. The van der Waals surface area contributed by atoms with Crippen molar-refractivity contribution >= 4 is 21.6 Å². The average Bonchev–Trinajstić information content (AvgIpc) is 2.76. The molecule has 0 spiro atoms. The van der Waals surface area contributed by atoms with Crippen LogP contribution in [0.25, 0.3) is 0 Å². The maximum absolute atomic E-state index is 13.1. The minimum absolute atomic E-state index is 0.223. The topological polar surface area (TPSA) is 55.4 Å². The molecule has 10 heteroatoms. The highest BCUT2D eigenvalue weighted by Gasteiger charge is 2.59. The summed E-state index contributed by atoms with van der Waals surface area (Å²) in [5.74, 6) is -0.798.